The fourth-order valence-corrected chi connectivity index (χ4v) is 5.40. The molecule has 0 spiro atoms. The number of rotatable bonds is 7. The van der Waals surface area contributed by atoms with Crippen molar-refractivity contribution in [3.8, 4) is 0 Å². The number of likely N-dealkylation sites (tertiary alicyclic amines) is 1. The molecule has 2 aliphatic rings. The zero-order valence-corrected chi connectivity index (χ0v) is 29.1. The lowest BCUT2D eigenvalue weighted by Crippen LogP contribution is -2.56. The first kappa shape index (κ1) is 37.8. The molecule has 1 heterocycles. The van der Waals surface area contributed by atoms with E-state index in [-0.39, 0.29) is 12.5 Å². The van der Waals surface area contributed by atoms with E-state index < -0.39 is 52.0 Å². The molecule has 4 rings (SSSR count). The number of benzene rings is 2. The van der Waals surface area contributed by atoms with E-state index in [1.807, 2.05) is 24.3 Å². The molecule has 3 N–H and O–H groups in total. The third-order valence-electron chi connectivity index (χ3n) is 6.71. The molecular weight excluding hydrogens is 613 g/mol. The van der Waals surface area contributed by atoms with Crippen molar-refractivity contribution in [1.82, 2.24) is 20.3 Å². The molecule has 4 amide bonds. The second-order valence-electron chi connectivity index (χ2n) is 12.7. The fourth-order valence-electron chi connectivity index (χ4n) is 4.67. The van der Waals surface area contributed by atoms with Gasteiger partial charge in [0.2, 0.25) is 11.8 Å². The maximum Gasteiger partial charge on any atom is 0.408 e. The normalized spacial score (nSPS) is 20.9. The summed E-state index contributed by atoms with van der Waals surface area (Å²) in [4.78, 5) is 52.1. The Labute approximate surface area is 275 Å². The van der Waals surface area contributed by atoms with Gasteiger partial charge in [-0.05, 0) is 62.8 Å². The molecule has 45 heavy (non-hydrogen) atoms. The highest BCUT2D eigenvalue weighted by Crippen LogP contribution is 2.45. The standard InChI is InChI=1S/C19H30N4O6S.C10H8S.C4H10/c1-6-12-10-19(12,16(26)22-30(5)28)21-15(25)13-8-7-9-23(13)14(24)11-20-17(27)29-18(2,3)4;11-10-7-3-5-8-4-1-2-6-9(8)10;1-4(2)3/h6,12-13H,1,7-11H2,2-5H3,(H,20,27)(H,21,25)(H,22,26);1-7,11H;4H,1-3H3. The maximum atomic E-state index is 12.9. The van der Waals surface area contributed by atoms with Crippen molar-refractivity contribution in [2.75, 3.05) is 19.3 Å². The lowest BCUT2D eigenvalue weighted by atomic mass is 10.1. The minimum absolute atomic E-state index is 0.274. The van der Waals surface area contributed by atoms with Crippen LogP contribution in [-0.2, 0) is 30.1 Å². The van der Waals surface area contributed by atoms with E-state index in [0.29, 0.717) is 25.8 Å². The van der Waals surface area contributed by atoms with Crippen molar-refractivity contribution in [3.05, 3.63) is 55.1 Å². The van der Waals surface area contributed by atoms with E-state index >= 15 is 0 Å². The van der Waals surface area contributed by atoms with Gasteiger partial charge < -0.3 is 20.3 Å². The van der Waals surface area contributed by atoms with Crippen LogP contribution in [0.15, 0.2) is 60.0 Å². The molecule has 1 saturated heterocycles. The molecule has 4 atom stereocenters. The van der Waals surface area contributed by atoms with Crippen LogP contribution < -0.4 is 15.4 Å². The molecule has 1 aliphatic carbocycles. The van der Waals surface area contributed by atoms with Crippen LogP contribution in [0.2, 0.25) is 0 Å². The topological polar surface area (TPSA) is 134 Å². The molecule has 10 nitrogen and oxygen atoms in total. The molecule has 2 aromatic carbocycles. The van der Waals surface area contributed by atoms with Gasteiger partial charge in [0.1, 0.15) is 34.7 Å². The Morgan fingerprint density at radius 1 is 1.13 bits per heavy atom. The van der Waals surface area contributed by atoms with Crippen LogP contribution >= 0.6 is 12.6 Å². The summed E-state index contributed by atoms with van der Waals surface area (Å²) in [5.41, 5.74) is -1.89. The minimum atomic E-state index is -1.57. The second kappa shape index (κ2) is 16.8. The highest BCUT2D eigenvalue weighted by atomic mass is 32.2. The summed E-state index contributed by atoms with van der Waals surface area (Å²) in [5.74, 6) is -0.851. The molecule has 4 unspecified atom stereocenters. The highest BCUT2D eigenvalue weighted by molar-refractivity contribution is 7.82. The molecule has 1 saturated carbocycles. The van der Waals surface area contributed by atoms with Crippen molar-refractivity contribution in [2.45, 2.75) is 82.9 Å². The van der Waals surface area contributed by atoms with Gasteiger partial charge >= 0.3 is 6.09 Å². The maximum absolute atomic E-state index is 12.9. The van der Waals surface area contributed by atoms with Gasteiger partial charge in [0.15, 0.2) is 0 Å². The van der Waals surface area contributed by atoms with Crippen molar-refractivity contribution in [2.24, 2.45) is 11.8 Å². The lowest BCUT2D eigenvalue weighted by molar-refractivity contribution is -0.139. The zero-order valence-electron chi connectivity index (χ0n) is 27.3. The van der Waals surface area contributed by atoms with Crippen LogP contribution in [0.5, 0.6) is 0 Å². The number of nitrogens with zero attached hydrogens (tertiary/aromatic N) is 1. The zero-order chi connectivity index (χ0) is 33.9. The Bertz CT molecular complexity index is 1380. The van der Waals surface area contributed by atoms with E-state index in [9.17, 15) is 23.4 Å². The summed E-state index contributed by atoms with van der Waals surface area (Å²) in [6.45, 7) is 15.4. The van der Waals surface area contributed by atoms with E-state index in [1.54, 1.807) is 26.8 Å². The number of hydrogen-bond acceptors (Lipinski definition) is 7. The van der Waals surface area contributed by atoms with Gasteiger partial charge in [-0.1, -0.05) is 63.2 Å². The summed E-state index contributed by atoms with van der Waals surface area (Å²) >= 11 is 4.35. The van der Waals surface area contributed by atoms with E-state index in [0.717, 1.165) is 10.8 Å². The van der Waals surface area contributed by atoms with Gasteiger partial charge in [0, 0.05) is 23.6 Å². The molecule has 1 aliphatic heterocycles. The number of thiol groups is 1. The highest BCUT2D eigenvalue weighted by Gasteiger charge is 2.60. The lowest BCUT2D eigenvalue weighted by Gasteiger charge is -2.27. The Balaban J connectivity index is 0.000000382. The Hall–Kier alpha value is -3.38. The number of ether oxygens (including phenoxy) is 1. The van der Waals surface area contributed by atoms with Crippen LogP contribution in [0.3, 0.4) is 0 Å². The number of alkyl carbamates (subject to hydrolysis) is 1. The number of hydrogen-bond donors (Lipinski definition) is 4. The van der Waals surface area contributed by atoms with E-state index in [4.69, 9.17) is 4.74 Å². The molecule has 248 valence electrons. The summed E-state index contributed by atoms with van der Waals surface area (Å²) < 4.78 is 18.8. The van der Waals surface area contributed by atoms with Gasteiger partial charge in [-0.3, -0.25) is 19.1 Å². The van der Waals surface area contributed by atoms with Crippen LogP contribution in [0.1, 0.15) is 60.8 Å². The first-order chi connectivity index (χ1) is 21.0. The first-order valence-electron chi connectivity index (χ1n) is 15.0. The van der Waals surface area contributed by atoms with E-state index in [2.05, 4.69) is 73.5 Å². The molecule has 0 radical (unpaired) electrons. The summed E-state index contributed by atoms with van der Waals surface area (Å²) in [5, 5.41) is 7.60. The van der Waals surface area contributed by atoms with Gasteiger partial charge in [-0.2, -0.15) is 0 Å². The van der Waals surface area contributed by atoms with Crippen molar-refractivity contribution < 1.29 is 28.1 Å². The SMILES string of the molecule is C=CC1CC1(NC(=O)C1CCCN1C(=O)CNC(=O)OC(C)(C)C)C(=O)NS(C)=O.CC(C)C.Sc1cccc2ccccc12. The van der Waals surface area contributed by atoms with Crippen LogP contribution in [0.25, 0.3) is 10.8 Å². The monoisotopic (exact) mass is 660 g/mol. The van der Waals surface area contributed by atoms with Gasteiger partial charge in [-0.15, -0.1) is 19.2 Å². The molecule has 0 aromatic heterocycles. The van der Waals surface area contributed by atoms with Gasteiger partial charge in [0.25, 0.3) is 5.91 Å². The largest absolute Gasteiger partial charge is 0.444 e. The quantitative estimate of drug-likeness (QED) is 0.250. The van der Waals surface area contributed by atoms with Gasteiger partial charge in [0.05, 0.1) is 0 Å². The fraction of sp³-hybridized carbons (Fsp3) is 0.515. The average Bonchev–Trinajstić information content (AvgIpc) is 3.42. The molecule has 12 heteroatoms. The molecular formula is C33H48N4O6S2. The van der Waals surface area contributed by atoms with Gasteiger partial charge in [-0.25, -0.2) is 9.00 Å². The predicted molar refractivity (Wildman–Crippen MR) is 182 cm³/mol. The molecule has 2 fully saturated rings. The Morgan fingerprint density at radius 2 is 1.76 bits per heavy atom. The Morgan fingerprint density at radius 3 is 2.31 bits per heavy atom. The van der Waals surface area contributed by atoms with Crippen LogP contribution in [0.4, 0.5) is 4.79 Å². The number of nitrogens with one attached hydrogen (secondary N) is 3. The molecule has 2 aromatic rings. The van der Waals surface area contributed by atoms with Crippen molar-refractivity contribution >= 4 is 58.2 Å². The summed E-state index contributed by atoms with van der Waals surface area (Å²) in [7, 11) is -1.57. The summed E-state index contributed by atoms with van der Waals surface area (Å²) in [6, 6.07) is 13.6. The third kappa shape index (κ3) is 11.8. The average molecular weight is 661 g/mol. The Kier molecular flexibility index (Phi) is 14.1. The number of carbonyl (C=O) groups is 4. The summed E-state index contributed by atoms with van der Waals surface area (Å²) in [6.07, 6.45) is 3.60. The predicted octanol–water partition coefficient (Wildman–Crippen LogP) is 4.76. The van der Waals surface area contributed by atoms with Crippen LogP contribution in [-0.4, -0.2) is 69.5 Å². The smallest absolute Gasteiger partial charge is 0.408 e. The molecule has 0 bridgehead atoms. The number of fused-ring (bicyclic) bond motifs is 1. The second-order valence-corrected chi connectivity index (χ2v) is 14.3. The third-order valence-corrected chi connectivity index (χ3v) is 7.58. The first-order valence-corrected chi connectivity index (χ1v) is 17.0. The van der Waals surface area contributed by atoms with Crippen molar-refractivity contribution in [1.29, 1.82) is 0 Å². The number of amides is 4. The van der Waals surface area contributed by atoms with Crippen LogP contribution in [0, 0.1) is 11.8 Å². The van der Waals surface area contributed by atoms with E-state index in [1.165, 1.54) is 21.9 Å². The number of carbonyl (C=O) groups excluding carboxylic acids is 4. The van der Waals surface area contributed by atoms with Crippen molar-refractivity contribution in [3.63, 3.8) is 0 Å². The minimum Gasteiger partial charge on any atom is -0.444 e.